The van der Waals surface area contributed by atoms with Crippen molar-refractivity contribution >= 4 is 16.6 Å². The molecule has 0 aromatic heterocycles. The van der Waals surface area contributed by atoms with Gasteiger partial charge in [0.15, 0.2) is 0 Å². The molecule has 0 spiro atoms. The van der Waals surface area contributed by atoms with Gasteiger partial charge in [-0.25, -0.2) is 4.79 Å². The van der Waals surface area contributed by atoms with Crippen LogP contribution in [0.4, 0.5) is 4.79 Å². The first-order chi connectivity index (χ1) is 6.18. The van der Waals surface area contributed by atoms with E-state index in [1.807, 2.05) is 0 Å². The maximum absolute atomic E-state index is 10.6. The van der Waals surface area contributed by atoms with E-state index in [0.29, 0.717) is 0 Å². The minimum Gasteiger partial charge on any atom is -0.351 e. The molecule has 1 saturated carbocycles. The zero-order chi connectivity index (χ0) is 9.68. The lowest BCUT2D eigenvalue weighted by atomic mass is 10.3. The van der Waals surface area contributed by atoms with Gasteiger partial charge in [-0.2, -0.15) is 8.42 Å². The van der Waals surface area contributed by atoms with Crippen LogP contribution in [0.2, 0.25) is 0 Å². The standard InChI is InChI=1S/C6H10N2O4S/c9-6(8-13(10)11)12-7-5-3-1-2-4-5/h5,7H,1-4H2. The van der Waals surface area contributed by atoms with Crippen LogP contribution in [0.3, 0.4) is 0 Å². The second-order valence-corrected chi connectivity index (χ2v) is 3.39. The van der Waals surface area contributed by atoms with Crippen LogP contribution in [0.1, 0.15) is 25.7 Å². The van der Waals surface area contributed by atoms with E-state index in [9.17, 15) is 13.2 Å². The van der Waals surface area contributed by atoms with E-state index in [2.05, 4.69) is 14.7 Å². The predicted octanol–water partition coefficient (Wildman–Crippen LogP) is 0.633. The van der Waals surface area contributed by atoms with Crippen LogP contribution in [-0.2, 0) is 15.3 Å². The van der Waals surface area contributed by atoms with Crippen LogP contribution in [0.25, 0.3) is 0 Å². The third-order valence-electron chi connectivity index (χ3n) is 1.82. The van der Waals surface area contributed by atoms with Crippen molar-refractivity contribution in [3.8, 4) is 0 Å². The number of hydroxylamine groups is 1. The average Bonchev–Trinajstić information content (AvgIpc) is 2.51. The number of carbonyl (C=O) groups is 1. The van der Waals surface area contributed by atoms with Gasteiger partial charge in [0.25, 0.3) is 0 Å². The summed E-state index contributed by atoms with van der Waals surface area (Å²) in [4.78, 5) is 15.0. The molecule has 0 bridgehead atoms. The monoisotopic (exact) mass is 206 g/mol. The van der Waals surface area contributed by atoms with Crippen LogP contribution >= 0.6 is 0 Å². The van der Waals surface area contributed by atoms with Crippen molar-refractivity contribution in [2.24, 2.45) is 4.36 Å². The minimum absolute atomic E-state index is 0.138. The first-order valence-electron chi connectivity index (χ1n) is 3.96. The molecule has 0 atom stereocenters. The van der Waals surface area contributed by atoms with Crippen molar-refractivity contribution in [3.63, 3.8) is 0 Å². The molecule has 1 fully saturated rings. The van der Waals surface area contributed by atoms with E-state index >= 15 is 0 Å². The first kappa shape index (κ1) is 10.1. The van der Waals surface area contributed by atoms with Crippen LogP contribution in [0.5, 0.6) is 0 Å². The Balaban J connectivity index is 2.25. The minimum atomic E-state index is -2.74. The summed E-state index contributed by atoms with van der Waals surface area (Å²) in [6.07, 6.45) is 2.95. The van der Waals surface area contributed by atoms with Gasteiger partial charge in [0.2, 0.25) is 0 Å². The summed E-state index contributed by atoms with van der Waals surface area (Å²) in [7, 11) is -2.74. The summed E-state index contributed by atoms with van der Waals surface area (Å²) >= 11 is 0. The second kappa shape index (κ2) is 4.93. The fourth-order valence-corrected chi connectivity index (χ4v) is 1.42. The molecule has 0 unspecified atom stereocenters. The molecular formula is C6H10N2O4S. The van der Waals surface area contributed by atoms with Gasteiger partial charge in [-0.05, 0) is 12.8 Å². The Bertz CT molecular complexity index is 297. The third kappa shape index (κ3) is 4.00. The SMILES string of the molecule is O=C(N=S(=O)=O)ONC1CCCC1. The maximum atomic E-state index is 10.6. The molecule has 7 heteroatoms. The van der Waals surface area contributed by atoms with E-state index in [1.54, 1.807) is 0 Å². The highest BCUT2D eigenvalue weighted by Crippen LogP contribution is 2.17. The number of amides is 1. The quantitative estimate of drug-likeness (QED) is 0.670. The smallest absolute Gasteiger partial charge is 0.351 e. The van der Waals surface area contributed by atoms with E-state index < -0.39 is 16.6 Å². The van der Waals surface area contributed by atoms with Gasteiger partial charge in [0, 0.05) is 6.04 Å². The summed E-state index contributed by atoms with van der Waals surface area (Å²) in [5.74, 6) is 0. The fourth-order valence-electron chi connectivity index (χ4n) is 1.26. The molecule has 1 N–H and O–H groups in total. The highest BCUT2D eigenvalue weighted by molar-refractivity contribution is 7.62. The lowest BCUT2D eigenvalue weighted by Gasteiger charge is -2.08. The molecule has 13 heavy (non-hydrogen) atoms. The zero-order valence-electron chi connectivity index (χ0n) is 6.89. The molecule has 1 amide bonds. The Hall–Kier alpha value is -0.950. The molecule has 0 heterocycles. The zero-order valence-corrected chi connectivity index (χ0v) is 7.71. The van der Waals surface area contributed by atoms with Crippen LogP contribution in [-0.4, -0.2) is 20.6 Å². The lowest BCUT2D eigenvalue weighted by Crippen LogP contribution is -2.27. The Labute approximate surface area is 76.9 Å². The summed E-state index contributed by atoms with van der Waals surface area (Å²) in [5.41, 5.74) is 2.47. The number of nitrogens with one attached hydrogen (secondary N) is 1. The maximum Gasteiger partial charge on any atom is 0.467 e. The predicted molar refractivity (Wildman–Crippen MR) is 43.2 cm³/mol. The third-order valence-corrected chi connectivity index (χ3v) is 2.12. The lowest BCUT2D eigenvalue weighted by molar-refractivity contribution is 0.0783. The molecule has 1 rings (SSSR count). The van der Waals surface area contributed by atoms with Crippen LogP contribution in [0.15, 0.2) is 4.36 Å². The molecule has 1 aliphatic carbocycles. The van der Waals surface area contributed by atoms with Gasteiger partial charge >= 0.3 is 16.6 Å². The van der Waals surface area contributed by atoms with Gasteiger partial charge < -0.3 is 4.84 Å². The Morgan fingerprint density at radius 2 is 2.00 bits per heavy atom. The van der Waals surface area contributed by atoms with Gasteiger partial charge in [-0.1, -0.05) is 17.2 Å². The Kier molecular flexibility index (Phi) is 3.84. The molecule has 0 aromatic carbocycles. The number of hydrogen-bond donors (Lipinski definition) is 1. The first-order valence-corrected chi connectivity index (χ1v) is 4.99. The van der Waals surface area contributed by atoms with Crippen LogP contribution in [0, 0.1) is 0 Å². The number of carbonyl (C=O) groups excluding carboxylic acids is 1. The summed E-state index contributed by atoms with van der Waals surface area (Å²) in [6.45, 7) is 0. The highest BCUT2D eigenvalue weighted by atomic mass is 32.2. The van der Waals surface area contributed by atoms with Crippen molar-refractivity contribution in [3.05, 3.63) is 0 Å². The molecule has 0 aliphatic heterocycles. The van der Waals surface area contributed by atoms with E-state index in [-0.39, 0.29) is 6.04 Å². The molecule has 1 aliphatic rings. The largest absolute Gasteiger partial charge is 0.467 e. The molecule has 74 valence electrons. The van der Waals surface area contributed by atoms with Crippen LogP contribution < -0.4 is 5.48 Å². The fraction of sp³-hybridized carbons (Fsp3) is 0.833. The topological polar surface area (TPSA) is 84.8 Å². The van der Waals surface area contributed by atoms with Crippen molar-refractivity contribution in [1.82, 2.24) is 5.48 Å². The van der Waals surface area contributed by atoms with E-state index in [4.69, 9.17) is 0 Å². The highest BCUT2D eigenvalue weighted by Gasteiger charge is 2.16. The Morgan fingerprint density at radius 3 is 2.54 bits per heavy atom. The second-order valence-electron chi connectivity index (χ2n) is 2.78. The molecule has 0 aromatic rings. The normalized spacial score (nSPS) is 16.9. The van der Waals surface area contributed by atoms with Gasteiger partial charge in [-0.3, -0.25) is 0 Å². The van der Waals surface area contributed by atoms with E-state index in [0.717, 1.165) is 25.7 Å². The van der Waals surface area contributed by atoms with Gasteiger partial charge in [-0.15, -0.1) is 5.48 Å². The number of hydrogen-bond acceptors (Lipinski definition) is 5. The average molecular weight is 206 g/mol. The number of rotatable bonds is 2. The van der Waals surface area contributed by atoms with Gasteiger partial charge in [0.1, 0.15) is 0 Å². The molecule has 0 radical (unpaired) electrons. The summed E-state index contributed by atoms with van der Waals surface area (Å²) < 4.78 is 22.5. The van der Waals surface area contributed by atoms with E-state index in [1.165, 1.54) is 0 Å². The molecule has 0 saturated heterocycles. The summed E-state index contributed by atoms with van der Waals surface area (Å²) in [6, 6.07) is 0.138. The molecular weight excluding hydrogens is 196 g/mol. The van der Waals surface area contributed by atoms with Gasteiger partial charge in [0.05, 0.1) is 0 Å². The molecule has 6 nitrogen and oxygen atoms in total. The van der Waals surface area contributed by atoms with Crippen molar-refractivity contribution in [1.29, 1.82) is 0 Å². The number of nitrogens with zero attached hydrogens (tertiary/aromatic N) is 1. The van der Waals surface area contributed by atoms with Crippen molar-refractivity contribution in [2.75, 3.05) is 0 Å². The Morgan fingerprint density at radius 1 is 1.38 bits per heavy atom. The van der Waals surface area contributed by atoms with Crippen molar-refractivity contribution < 1.29 is 18.0 Å². The van der Waals surface area contributed by atoms with Crippen molar-refractivity contribution in [2.45, 2.75) is 31.7 Å². The summed E-state index contributed by atoms with van der Waals surface area (Å²) in [5, 5.41) is 0.